The van der Waals surface area contributed by atoms with Gasteiger partial charge in [0.25, 0.3) is 11.6 Å². The van der Waals surface area contributed by atoms with Crippen molar-refractivity contribution in [3.8, 4) is 0 Å². The van der Waals surface area contributed by atoms with Crippen molar-refractivity contribution in [2.24, 2.45) is 5.92 Å². The van der Waals surface area contributed by atoms with Crippen LogP contribution in [0.15, 0.2) is 18.2 Å². The van der Waals surface area contributed by atoms with Crippen molar-refractivity contribution in [2.45, 2.75) is 53.0 Å². The minimum atomic E-state index is -0.746. The number of nitrogens with one attached hydrogen (secondary N) is 1. The van der Waals surface area contributed by atoms with Crippen molar-refractivity contribution in [1.29, 1.82) is 0 Å². The van der Waals surface area contributed by atoms with Crippen LogP contribution in [-0.2, 0) is 9.53 Å². The number of carbonyl (C=O) groups is 2. The number of nitrogens with zero attached hydrogens (tertiary/aromatic N) is 1. The van der Waals surface area contributed by atoms with E-state index in [0.717, 1.165) is 19.3 Å². The Morgan fingerprint density at radius 3 is 2.52 bits per heavy atom. The van der Waals surface area contributed by atoms with Gasteiger partial charge in [-0.3, -0.25) is 14.9 Å². The molecule has 138 valence electrons. The van der Waals surface area contributed by atoms with Gasteiger partial charge in [-0.25, -0.2) is 4.79 Å². The highest BCUT2D eigenvalue weighted by atomic mass is 16.6. The molecule has 0 spiro atoms. The number of hydrogen-bond acceptors (Lipinski definition) is 5. The maximum absolute atomic E-state index is 12.1. The van der Waals surface area contributed by atoms with Crippen LogP contribution in [0.25, 0.3) is 0 Å². The molecule has 7 heteroatoms. The summed E-state index contributed by atoms with van der Waals surface area (Å²) in [5, 5.41) is 13.7. The van der Waals surface area contributed by atoms with Gasteiger partial charge in [-0.1, -0.05) is 32.8 Å². The molecule has 0 aromatic heterocycles. The molecule has 1 unspecified atom stereocenters. The Balaban J connectivity index is 2.50. The minimum absolute atomic E-state index is 0.00417. The van der Waals surface area contributed by atoms with E-state index in [4.69, 9.17) is 4.74 Å². The molecule has 1 N–H and O–H groups in total. The van der Waals surface area contributed by atoms with Crippen LogP contribution in [0, 0.1) is 23.0 Å². The van der Waals surface area contributed by atoms with Crippen LogP contribution in [0.3, 0.4) is 0 Å². The third-order valence-electron chi connectivity index (χ3n) is 3.88. The van der Waals surface area contributed by atoms with Crippen LogP contribution in [0.2, 0.25) is 0 Å². The van der Waals surface area contributed by atoms with E-state index in [1.54, 1.807) is 0 Å². The van der Waals surface area contributed by atoms with E-state index < -0.39 is 17.5 Å². The Hall–Kier alpha value is -2.44. The van der Waals surface area contributed by atoms with Gasteiger partial charge in [-0.05, 0) is 32.3 Å². The molecule has 0 aliphatic carbocycles. The first kappa shape index (κ1) is 20.6. The lowest BCUT2D eigenvalue weighted by atomic mass is 10.0. The van der Waals surface area contributed by atoms with Crippen molar-refractivity contribution in [3.63, 3.8) is 0 Å². The lowest BCUT2D eigenvalue weighted by molar-refractivity contribution is -0.385. The summed E-state index contributed by atoms with van der Waals surface area (Å²) in [6, 6.07) is 4.18. The van der Waals surface area contributed by atoms with E-state index >= 15 is 0 Å². The predicted molar refractivity (Wildman–Crippen MR) is 94.4 cm³/mol. The highest BCUT2D eigenvalue weighted by molar-refractivity contribution is 5.93. The van der Waals surface area contributed by atoms with E-state index in [0.29, 0.717) is 5.92 Å². The molecular weight excluding hydrogens is 324 g/mol. The lowest BCUT2D eigenvalue weighted by Crippen LogP contribution is -2.35. The van der Waals surface area contributed by atoms with Crippen LogP contribution in [0.1, 0.15) is 56.0 Å². The summed E-state index contributed by atoms with van der Waals surface area (Å²) >= 11 is 0. The molecule has 0 saturated carbocycles. The van der Waals surface area contributed by atoms with Crippen LogP contribution >= 0.6 is 0 Å². The van der Waals surface area contributed by atoms with Gasteiger partial charge in [0.05, 0.1) is 10.5 Å². The summed E-state index contributed by atoms with van der Waals surface area (Å²) in [7, 11) is 0. The molecule has 0 fully saturated rings. The summed E-state index contributed by atoms with van der Waals surface area (Å²) in [6.07, 6.45) is 2.98. The smallest absolute Gasteiger partial charge is 0.339 e. The second kappa shape index (κ2) is 9.76. The largest absolute Gasteiger partial charge is 0.452 e. The van der Waals surface area contributed by atoms with Crippen molar-refractivity contribution >= 4 is 17.6 Å². The number of benzene rings is 1. The molecule has 7 nitrogen and oxygen atoms in total. The van der Waals surface area contributed by atoms with Gasteiger partial charge in [-0.2, -0.15) is 0 Å². The standard InChI is InChI=1S/C18H26N2O5/c1-12(2)7-5-8-13(3)19-17(21)11-25-18(22)15-9-6-10-16(14(15)4)20(23)24/h6,9-10,12-13H,5,7-8,11H2,1-4H3,(H,19,21). The Kier molecular flexibility index (Phi) is 8.04. The van der Waals surface area contributed by atoms with E-state index in [1.807, 2.05) is 6.92 Å². The number of carbonyl (C=O) groups excluding carboxylic acids is 2. The highest BCUT2D eigenvalue weighted by Gasteiger charge is 2.20. The number of esters is 1. The molecular formula is C18H26N2O5. The highest BCUT2D eigenvalue weighted by Crippen LogP contribution is 2.21. The average molecular weight is 350 g/mol. The van der Waals surface area contributed by atoms with Crippen LogP contribution in [0.5, 0.6) is 0 Å². The molecule has 1 rings (SSSR count). The molecule has 0 aliphatic heterocycles. The number of rotatable bonds is 9. The maximum atomic E-state index is 12.1. The van der Waals surface area contributed by atoms with Crippen molar-refractivity contribution in [3.05, 3.63) is 39.4 Å². The van der Waals surface area contributed by atoms with E-state index in [-0.39, 0.29) is 28.8 Å². The number of nitro groups is 1. The van der Waals surface area contributed by atoms with Gasteiger partial charge in [0.1, 0.15) is 0 Å². The monoisotopic (exact) mass is 350 g/mol. The number of nitro benzene ring substituents is 1. The summed E-state index contributed by atoms with van der Waals surface area (Å²) < 4.78 is 4.98. The second-order valence-corrected chi connectivity index (χ2v) is 6.58. The molecule has 0 radical (unpaired) electrons. The number of ether oxygens (including phenoxy) is 1. The zero-order valence-electron chi connectivity index (χ0n) is 15.2. The first-order chi connectivity index (χ1) is 11.7. The Morgan fingerprint density at radius 1 is 1.24 bits per heavy atom. The van der Waals surface area contributed by atoms with E-state index in [1.165, 1.54) is 25.1 Å². The Morgan fingerprint density at radius 2 is 1.92 bits per heavy atom. The van der Waals surface area contributed by atoms with Gasteiger partial charge in [-0.15, -0.1) is 0 Å². The zero-order chi connectivity index (χ0) is 19.0. The fourth-order valence-electron chi connectivity index (χ4n) is 2.47. The summed E-state index contributed by atoms with van der Waals surface area (Å²) in [4.78, 5) is 34.2. The minimum Gasteiger partial charge on any atom is -0.452 e. The topological polar surface area (TPSA) is 98.5 Å². The van der Waals surface area contributed by atoms with Gasteiger partial charge < -0.3 is 10.1 Å². The van der Waals surface area contributed by atoms with Gasteiger partial charge in [0.2, 0.25) is 0 Å². The average Bonchev–Trinajstić information content (AvgIpc) is 2.52. The summed E-state index contributed by atoms with van der Waals surface area (Å²) in [6.45, 7) is 7.28. The van der Waals surface area contributed by atoms with Crippen LogP contribution in [0.4, 0.5) is 5.69 Å². The summed E-state index contributed by atoms with van der Waals surface area (Å²) in [5.41, 5.74) is 0.157. The van der Waals surface area contributed by atoms with Crippen LogP contribution < -0.4 is 5.32 Å². The molecule has 1 amide bonds. The molecule has 0 bridgehead atoms. The molecule has 1 aromatic carbocycles. The first-order valence-corrected chi connectivity index (χ1v) is 8.42. The van der Waals surface area contributed by atoms with E-state index in [2.05, 4.69) is 19.2 Å². The lowest BCUT2D eigenvalue weighted by Gasteiger charge is -2.14. The molecule has 1 aromatic rings. The van der Waals surface area contributed by atoms with Gasteiger partial charge in [0.15, 0.2) is 6.61 Å². The maximum Gasteiger partial charge on any atom is 0.339 e. The molecule has 0 aliphatic rings. The van der Waals surface area contributed by atoms with Gasteiger partial charge in [0, 0.05) is 17.7 Å². The Labute approximate surface area is 147 Å². The van der Waals surface area contributed by atoms with E-state index in [9.17, 15) is 19.7 Å². The molecule has 0 heterocycles. The number of amides is 1. The molecule has 0 saturated heterocycles. The zero-order valence-corrected chi connectivity index (χ0v) is 15.2. The fourth-order valence-corrected chi connectivity index (χ4v) is 2.47. The third kappa shape index (κ3) is 6.91. The van der Waals surface area contributed by atoms with Crippen molar-refractivity contribution < 1.29 is 19.2 Å². The third-order valence-corrected chi connectivity index (χ3v) is 3.88. The molecule has 25 heavy (non-hydrogen) atoms. The normalized spacial score (nSPS) is 11.9. The predicted octanol–water partition coefficient (Wildman–Crippen LogP) is 3.39. The second-order valence-electron chi connectivity index (χ2n) is 6.58. The fraction of sp³-hybridized carbons (Fsp3) is 0.556. The van der Waals surface area contributed by atoms with Crippen LogP contribution in [-0.4, -0.2) is 29.4 Å². The SMILES string of the molecule is Cc1c(C(=O)OCC(=O)NC(C)CCCC(C)C)cccc1[N+](=O)[O-]. The summed E-state index contributed by atoms with van der Waals surface area (Å²) in [5.74, 6) is -0.501. The van der Waals surface area contributed by atoms with Crippen molar-refractivity contribution in [1.82, 2.24) is 5.32 Å². The number of hydrogen-bond donors (Lipinski definition) is 1. The van der Waals surface area contributed by atoms with Gasteiger partial charge >= 0.3 is 5.97 Å². The Bertz CT molecular complexity index is 628. The van der Waals surface area contributed by atoms with Crippen molar-refractivity contribution in [2.75, 3.05) is 6.61 Å². The first-order valence-electron chi connectivity index (χ1n) is 8.42. The molecule has 1 atom stereocenters. The quantitative estimate of drug-likeness (QED) is 0.418.